The van der Waals surface area contributed by atoms with E-state index in [1.54, 1.807) is 24.1 Å². The van der Waals surface area contributed by atoms with Gasteiger partial charge in [-0.1, -0.05) is 0 Å². The standard InChI is InChI=1S/C18H26N2O5/c1-24-11-3-8-19-17(22)13-6-9-20(10-7-13)18(23)15-5-4-14(25-2)12-16(15)21/h4-5,12-13,21H,3,6-11H2,1-2H3,(H,19,22). The Bertz CT molecular complexity index is 597. The van der Waals surface area contributed by atoms with Gasteiger partial charge in [0, 0.05) is 45.3 Å². The minimum Gasteiger partial charge on any atom is -0.507 e. The van der Waals surface area contributed by atoms with Gasteiger partial charge in [-0.05, 0) is 31.4 Å². The molecular formula is C18H26N2O5. The number of phenolic OH excluding ortho intramolecular Hbond substituents is 1. The van der Waals surface area contributed by atoms with E-state index in [1.165, 1.54) is 13.2 Å². The summed E-state index contributed by atoms with van der Waals surface area (Å²) in [5.74, 6) is 0.144. The second-order valence-corrected chi connectivity index (χ2v) is 6.09. The minimum atomic E-state index is -0.223. The van der Waals surface area contributed by atoms with E-state index in [4.69, 9.17) is 9.47 Å². The van der Waals surface area contributed by atoms with Crippen LogP contribution in [0, 0.1) is 5.92 Å². The molecule has 7 nitrogen and oxygen atoms in total. The lowest BCUT2D eigenvalue weighted by Crippen LogP contribution is -2.43. The Morgan fingerprint density at radius 3 is 2.60 bits per heavy atom. The molecule has 7 heteroatoms. The van der Waals surface area contributed by atoms with Crippen LogP contribution in [0.25, 0.3) is 0 Å². The Kier molecular flexibility index (Phi) is 7.06. The quantitative estimate of drug-likeness (QED) is 0.726. The Morgan fingerprint density at radius 2 is 2.00 bits per heavy atom. The van der Waals surface area contributed by atoms with Crippen molar-refractivity contribution in [3.8, 4) is 11.5 Å². The summed E-state index contributed by atoms with van der Waals surface area (Å²) in [4.78, 5) is 26.4. The van der Waals surface area contributed by atoms with Gasteiger partial charge in [0.25, 0.3) is 5.91 Å². The minimum absolute atomic E-state index is 0.0375. The van der Waals surface area contributed by atoms with Gasteiger partial charge in [-0.15, -0.1) is 0 Å². The smallest absolute Gasteiger partial charge is 0.257 e. The van der Waals surface area contributed by atoms with Crippen LogP contribution >= 0.6 is 0 Å². The van der Waals surface area contributed by atoms with Crippen LogP contribution in [-0.4, -0.2) is 62.3 Å². The van der Waals surface area contributed by atoms with Crippen LogP contribution in [0.4, 0.5) is 0 Å². The maximum absolute atomic E-state index is 12.6. The summed E-state index contributed by atoms with van der Waals surface area (Å²) in [6.07, 6.45) is 2.04. The van der Waals surface area contributed by atoms with Crippen LogP contribution in [-0.2, 0) is 9.53 Å². The summed E-state index contributed by atoms with van der Waals surface area (Å²) >= 11 is 0. The van der Waals surface area contributed by atoms with E-state index >= 15 is 0 Å². The van der Waals surface area contributed by atoms with Gasteiger partial charge >= 0.3 is 0 Å². The SMILES string of the molecule is COCCCNC(=O)C1CCN(C(=O)c2ccc(OC)cc2O)CC1. The molecule has 1 aromatic carbocycles. The summed E-state index contributed by atoms with van der Waals surface area (Å²) in [6.45, 7) is 2.23. The van der Waals surface area contributed by atoms with E-state index in [0.29, 0.717) is 44.8 Å². The number of hydrogen-bond acceptors (Lipinski definition) is 5. The number of methoxy groups -OCH3 is 2. The van der Waals surface area contributed by atoms with Crippen molar-refractivity contribution in [3.05, 3.63) is 23.8 Å². The number of phenols is 1. The molecule has 2 N–H and O–H groups in total. The third-order valence-corrected chi connectivity index (χ3v) is 4.41. The summed E-state index contributed by atoms with van der Waals surface area (Å²) in [5.41, 5.74) is 0.253. The van der Waals surface area contributed by atoms with Crippen molar-refractivity contribution in [2.75, 3.05) is 40.5 Å². The molecule has 0 atom stereocenters. The van der Waals surface area contributed by atoms with Crippen molar-refractivity contribution < 1.29 is 24.2 Å². The van der Waals surface area contributed by atoms with Gasteiger partial charge < -0.3 is 24.8 Å². The first-order chi connectivity index (χ1) is 12.1. The molecule has 1 saturated heterocycles. The van der Waals surface area contributed by atoms with E-state index in [-0.39, 0.29) is 29.0 Å². The van der Waals surface area contributed by atoms with Crippen molar-refractivity contribution in [2.24, 2.45) is 5.92 Å². The molecule has 1 aliphatic heterocycles. The first kappa shape index (κ1) is 19.1. The number of carbonyl (C=O) groups excluding carboxylic acids is 2. The molecule has 0 spiro atoms. The predicted molar refractivity (Wildman–Crippen MR) is 92.8 cm³/mol. The van der Waals surface area contributed by atoms with Gasteiger partial charge in [-0.25, -0.2) is 0 Å². The molecule has 0 saturated carbocycles. The molecule has 0 aromatic heterocycles. The highest BCUT2D eigenvalue weighted by Gasteiger charge is 2.28. The number of ether oxygens (including phenoxy) is 2. The van der Waals surface area contributed by atoms with Crippen molar-refractivity contribution in [3.63, 3.8) is 0 Å². The monoisotopic (exact) mass is 350 g/mol. The Hall–Kier alpha value is -2.28. The predicted octanol–water partition coefficient (Wildman–Crippen LogP) is 1.41. The van der Waals surface area contributed by atoms with Crippen LogP contribution in [0.3, 0.4) is 0 Å². The highest BCUT2D eigenvalue weighted by molar-refractivity contribution is 5.97. The number of piperidine rings is 1. The average Bonchev–Trinajstić information content (AvgIpc) is 2.64. The lowest BCUT2D eigenvalue weighted by Gasteiger charge is -2.31. The molecule has 2 amide bonds. The van der Waals surface area contributed by atoms with E-state index < -0.39 is 0 Å². The second kappa shape index (κ2) is 9.27. The topological polar surface area (TPSA) is 88.1 Å². The Labute approximate surface area is 147 Å². The normalized spacial score (nSPS) is 15.0. The van der Waals surface area contributed by atoms with Crippen LogP contribution < -0.4 is 10.1 Å². The molecule has 1 aliphatic rings. The number of hydrogen-bond donors (Lipinski definition) is 2. The van der Waals surface area contributed by atoms with Gasteiger partial charge in [-0.3, -0.25) is 9.59 Å². The zero-order chi connectivity index (χ0) is 18.2. The van der Waals surface area contributed by atoms with Crippen molar-refractivity contribution in [1.29, 1.82) is 0 Å². The maximum atomic E-state index is 12.6. The van der Waals surface area contributed by atoms with E-state index in [0.717, 1.165) is 6.42 Å². The van der Waals surface area contributed by atoms with Crippen molar-refractivity contribution in [1.82, 2.24) is 10.2 Å². The first-order valence-electron chi connectivity index (χ1n) is 8.49. The highest BCUT2D eigenvalue weighted by Crippen LogP contribution is 2.26. The second-order valence-electron chi connectivity index (χ2n) is 6.09. The first-order valence-corrected chi connectivity index (χ1v) is 8.49. The fraction of sp³-hybridized carbons (Fsp3) is 0.556. The summed E-state index contributed by atoms with van der Waals surface area (Å²) in [6, 6.07) is 4.63. The number of nitrogens with zero attached hydrogens (tertiary/aromatic N) is 1. The van der Waals surface area contributed by atoms with Gasteiger partial charge in [0.05, 0.1) is 12.7 Å². The van der Waals surface area contributed by atoms with E-state index in [2.05, 4.69) is 5.32 Å². The number of likely N-dealkylation sites (tertiary alicyclic amines) is 1. The molecular weight excluding hydrogens is 324 g/mol. The highest BCUT2D eigenvalue weighted by atomic mass is 16.5. The zero-order valence-corrected chi connectivity index (χ0v) is 14.8. The number of rotatable bonds is 7. The molecule has 0 unspecified atom stereocenters. The fourth-order valence-electron chi connectivity index (χ4n) is 2.91. The molecule has 1 heterocycles. The Balaban J connectivity index is 1.85. The Morgan fingerprint density at radius 1 is 1.28 bits per heavy atom. The summed E-state index contributed by atoms with van der Waals surface area (Å²) in [7, 11) is 3.14. The molecule has 0 radical (unpaired) electrons. The lowest BCUT2D eigenvalue weighted by atomic mass is 9.95. The maximum Gasteiger partial charge on any atom is 0.257 e. The molecule has 138 valence electrons. The van der Waals surface area contributed by atoms with Gasteiger partial charge in [-0.2, -0.15) is 0 Å². The van der Waals surface area contributed by atoms with Gasteiger partial charge in [0.2, 0.25) is 5.91 Å². The molecule has 1 aromatic rings. The largest absolute Gasteiger partial charge is 0.507 e. The third-order valence-electron chi connectivity index (χ3n) is 4.41. The van der Waals surface area contributed by atoms with Crippen LogP contribution in [0.2, 0.25) is 0 Å². The van der Waals surface area contributed by atoms with Gasteiger partial charge in [0.15, 0.2) is 0 Å². The lowest BCUT2D eigenvalue weighted by molar-refractivity contribution is -0.126. The molecule has 2 rings (SSSR count). The molecule has 0 aliphatic carbocycles. The van der Waals surface area contributed by atoms with Crippen molar-refractivity contribution >= 4 is 11.8 Å². The number of benzene rings is 1. The zero-order valence-electron chi connectivity index (χ0n) is 14.8. The third kappa shape index (κ3) is 5.09. The summed E-state index contributed by atoms with van der Waals surface area (Å²) in [5, 5.41) is 12.9. The number of amides is 2. The summed E-state index contributed by atoms with van der Waals surface area (Å²) < 4.78 is 9.98. The van der Waals surface area contributed by atoms with Crippen LogP contribution in [0.1, 0.15) is 29.6 Å². The number of carbonyl (C=O) groups is 2. The number of nitrogens with one attached hydrogen (secondary N) is 1. The molecule has 25 heavy (non-hydrogen) atoms. The fourth-order valence-corrected chi connectivity index (χ4v) is 2.91. The number of aromatic hydroxyl groups is 1. The van der Waals surface area contributed by atoms with Crippen molar-refractivity contribution in [2.45, 2.75) is 19.3 Å². The van der Waals surface area contributed by atoms with Gasteiger partial charge in [0.1, 0.15) is 11.5 Å². The van der Waals surface area contributed by atoms with E-state index in [9.17, 15) is 14.7 Å². The molecule has 1 fully saturated rings. The van der Waals surface area contributed by atoms with E-state index in [1.807, 2.05) is 0 Å². The van der Waals surface area contributed by atoms with Crippen LogP contribution in [0.15, 0.2) is 18.2 Å². The van der Waals surface area contributed by atoms with Crippen LogP contribution in [0.5, 0.6) is 11.5 Å². The average molecular weight is 350 g/mol. The molecule has 0 bridgehead atoms.